The minimum Gasteiger partial charge on any atom is -0.367 e. The van der Waals surface area contributed by atoms with Gasteiger partial charge in [-0.25, -0.2) is 0 Å². The molecule has 0 radical (unpaired) electrons. The molecule has 24 heavy (non-hydrogen) atoms. The summed E-state index contributed by atoms with van der Waals surface area (Å²) in [6.07, 6.45) is 9.89. The summed E-state index contributed by atoms with van der Waals surface area (Å²) in [7, 11) is 0. The van der Waals surface area contributed by atoms with Gasteiger partial charge in [0.05, 0.1) is 11.7 Å². The van der Waals surface area contributed by atoms with Gasteiger partial charge in [-0.3, -0.25) is 0 Å². The normalized spacial score (nSPS) is 20.3. The maximum absolute atomic E-state index is 5.65. The van der Waals surface area contributed by atoms with Crippen LogP contribution in [0.3, 0.4) is 0 Å². The van der Waals surface area contributed by atoms with E-state index in [0.717, 1.165) is 25.0 Å². The van der Waals surface area contributed by atoms with Gasteiger partial charge in [0.2, 0.25) is 0 Å². The zero-order chi connectivity index (χ0) is 17.6. The zero-order valence-corrected chi connectivity index (χ0v) is 16.7. The van der Waals surface area contributed by atoms with Crippen LogP contribution in [0.5, 0.6) is 0 Å². The van der Waals surface area contributed by atoms with E-state index < -0.39 is 0 Å². The number of epoxide rings is 1. The molecule has 0 saturated carbocycles. The third-order valence-corrected chi connectivity index (χ3v) is 5.64. The van der Waals surface area contributed by atoms with E-state index in [1.807, 2.05) is 11.8 Å². The summed E-state index contributed by atoms with van der Waals surface area (Å²) in [5.41, 5.74) is 4.45. The maximum Gasteiger partial charge on any atom is 0.0892 e. The largest absolute Gasteiger partial charge is 0.367 e. The van der Waals surface area contributed by atoms with E-state index in [0.29, 0.717) is 6.10 Å². The van der Waals surface area contributed by atoms with Gasteiger partial charge in [-0.1, -0.05) is 41.0 Å². The second-order valence-electron chi connectivity index (χ2n) is 7.51. The summed E-state index contributed by atoms with van der Waals surface area (Å²) in [6.45, 7) is 11.0. The molecule has 2 heteroatoms. The van der Waals surface area contributed by atoms with E-state index in [-0.39, 0.29) is 5.60 Å². The van der Waals surface area contributed by atoms with Crippen LogP contribution in [0.15, 0.2) is 52.5 Å². The van der Waals surface area contributed by atoms with Gasteiger partial charge in [-0.15, -0.1) is 11.8 Å². The average molecular weight is 345 g/mol. The van der Waals surface area contributed by atoms with Gasteiger partial charge < -0.3 is 4.74 Å². The molecule has 2 rings (SSSR count). The fraction of sp³-hybridized carbons (Fsp3) is 0.545. The molecule has 1 aromatic rings. The molecule has 1 unspecified atom stereocenters. The molecular weight excluding hydrogens is 312 g/mol. The highest BCUT2D eigenvalue weighted by atomic mass is 32.2. The summed E-state index contributed by atoms with van der Waals surface area (Å²) >= 11 is 1.91. The first-order chi connectivity index (χ1) is 11.4. The maximum atomic E-state index is 5.65. The van der Waals surface area contributed by atoms with Gasteiger partial charge in [0.15, 0.2) is 0 Å². The number of hydrogen-bond donors (Lipinski definition) is 0. The minimum atomic E-state index is 0.134. The number of aryl methyl sites for hydroxylation is 1. The number of thioether (sulfide) groups is 1. The lowest BCUT2D eigenvalue weighted by Gasteiger charge is -2.03. The monoisotopic (exact) mass is 344 g/mol. The Morgan fingerprint density at radius 3 is 2.33 bits per heavy atom. The van der Waals surface area contributed by atoms with E-state index in [2.05, 4.69) is 71.0 Å². The fourth-order valence-corrected chi connectivity index (χ4v) is 3.65. The second kappa shape index (κ2) is 8.92. The summed E-state index contributed by atoms with van der Waals surface area (Å²) < 4.78 is 5.65. The summed E-state index contributed by atoms with van der Waals surface area (Å²) in [4.78, 5) is 1.35. The highest BCUT2D eigenvalue weighted by Crippen LogP contribution is 2.38. The lowest BCUT2D eigenvalue weighted by atomic mass is 10.0. The second-order valence-corrected chi connectivity index (χ2v) is 8.61. The number of benzene rings is 1. The van der Waals surface area contributed by atoms with E-state index in [4.69, 9.17) is 4.74 Å². The van der Waals surface area contributed by atoms with Gasteiger partial charge in [-0.2, -0.15) is 0 Å². The molecule has 0 aliphatic carbocycles. The molecule has 1 atom stereocenters. The number of hydrogen-bond acceptors (Lipinski definition) is 2. The summed E-state index contributed by atoms with van der Waals surface area (Å²) in [5.74, 6) is 1.06. The molecule has 0 spiro atoms. The predicted octanol–water partition coefficient (Wildman–Crippen LogP) is 6.72. The average Bonchev–Trinajstić information content (AvgIpc) is 3.14. The van der Waals surface area contributed by atoms with Crippen LogP contribution < -0.4 is 0 Å². The molecule has 1 aromatic carbocycles. The summed E-state index contributed by atoms with van der Waals surface area (Å²) in [6, 6.07) is 8.78. The molecule has 0 amide bonds. The van der Waals surface area contributed by atoms with Crippen LogP contribution in [0.4, 0.5) is 0 Å². The Kier molecular flexibility index (Phi) is 7.18. The summed E-state index contributed by atoms with van der Waals surface area (Å²) in [5, 5.41) is 0. The van der Waals surface area contributed by atoms with Crippen LogP contribution in [-0.4, -0.2) is 17.5 Å². The van der Waals surface area contributed by atoms with Crippen LogP contribution in [-0.2, 0) is 4.74 Å². The molecule has 1 heterocycles. The SMILES string of the molecule is CC(=CCSc1ccc(C)cc1)CCC=C(C)CCC1OC1(C)C. The van der Waals surface area contributed by atoms with Crippen molar-refractivity contribution in [3.05, 3.63) is 53.1 Å². The Labute approximate surface area is 152 Å². The van der Waals surface area contributed by atoms with Crippen molar-refractivity contribution < 1.29 is 4.74 Å². The first-order valence-electron chi connectivity index (χ1n) is 9.05. The third kappa shape index (κ3) is 6.86. The smallest absolute Gasteiger partial charge is 0.0892 e. The highest BCUT2D eigenvalue weighted by molar-refractivity contribution is 7.99. The van der Waals surface area contributed by atoms with Crippen molar-refractivity contribution in [2.45, 2.75) is 76.9 Å². The van der Waals surface area contributed by atoms with Gasteiger partial charge >= 0.3 is 0 Å². The molecule has 1 aliphatic rings. The lowest BCUT2D eigenvalue weighted by molar-refractivity contribution is 0.320. The van der Waals surface area contributed by atoms with E-state index in [1.165, 1.54) is 28.0 Å². The number of rotatable bonds is 9. The van der Waals surface area contributed by atoms with Gasteiger partial charge in [-0.05, 0) is 72.4 Å². The molecule has 1 saturated heterocycles. The molecular formula is C22H32OS. The number of ether oxygens (including phenoxy) is 1. The van der Waals surface area contributed by atoms with E-state index >= 15 is 0 Å². The van der Waals surface area contributed by atoms with Gasteiger partial charge in [0.25, 0.3) is 0 Å². The quantitative estimate of drug-likeness (QED) is 0.280. The topological polar surface area (TPSA) is 12.5 Å². The van der Waals surface area contributed by atoms with Crippen molar-refractivity contribution in [3.8, 4) is 0 Å². The zero-order valence-electron chi connectivity index (χ0n) is 15.9. The number of allylic oxidation sites excluding steroid dienone is 3. The van der Waals surface area contributed by atoms with E-state index in [1.54, 1.807) is 0 Å². The standard InChI is InChI=1S/C22H32OS/c1-17(11-14-21-22(4,5)23-21)7-6-8-18(2)15-16-24-20-12-9-19(3)10-13-20/h7,9-10,12-13,15,21H,6,8,11,14,16H2,1-5H3. The van der Waals surface area contributed by atoms with Crippen molar-refractivity contribution in [1.82, 2.24) is 0 Å². The molecule has 1 aliphatic heterocycles. The molecule has 0 bridgehead atoms. The van der Waals surface area contributed by atoms with Crippen molar-refractivity contribution in [2.24, 2.45) is 0 Å². The van der Waals surface area contributed by atoms with Crippen molar-refractivity contribution in [2.75, 3.05) is 5.75 Å². The molecule has 0 aromatic heterocycles. The third-order valence-electron chi connectivity index (χ3n) is 4.70. The Balaban J connectivity index is 1.61. The van der Waals surface area contributed by atoms with Crippen LogP contribution >= 0.6 is 11.8 Å². The van der Waals surface area contributed by atoms with Crippen LogP contribution in [0.25, 0.3) is 0 Å². The Hall–Kier alpha value is -0.990. The Morgan fingerprint density at radius 1 is 1.08 bits per heavy atom. The van der Waals surface area contributed by atoms with Crippen molar-refractivity contribution in [1.29, 1.82) is 0 Å². The minimum absolute atomic E-state index is 0.134. The van der Waals surface area contributed by atoms with E-state index in [9.17, 15) is 0 Å². The van der Waals surface area contributed by atoms with Gasteiger partial charge in [0, 0.05) is 10.6 Å². The van der Waals surface area contributed by atoms with Crippen molar-refractivity contribution in [3.63, 3.8) is 0 Å². The molecule has 1 fully saturated rings. The highest BCUT2D eigenvalue weighted by Gasteiger charge is 2.46. The van der Waals surface area contributed by atoms with Crippen molar-refractivity contribution >= 4 is 11.8 Å². The lowest BCUT2D eigenvalue weighted by Crippen LogP contribution is -2.02. The van der Waals surface area contributed by atoms with Crippen LogP contribution in [0, 0.1) is 6.92 Å². The molecule has 0 N–H and O–H groups in total. The fourth-order valence-electron chi connectivity index (χ4n) is 2.76. The van der Waals surface area contributed by atoms with Crippen LogP contribution in [0.1, 0.15) is 58.9 Å². The van der Waals surface area contributed by atoms with Gasteiger partial charge in [0.1, 0.15) is 0 Å². The molecule has 132 valence electrons. The molecule has 1 nitrogen and oxygen atoms in total. The van der Waals surface area contributed by atoms with Crippen LogP contribution in [0.2, 0.25) is 0 Å². The predicted molar refractivity (Wildman–Crippen MR) is 107 cm³/mol. The first kappa shape index (κ1) is 19.3. The first-order valence-corrected chi connectivity index (χ1v) is 10.0. The Bertz CT molecular complexity index is 580. The Morgan fingerprint density at radius 2 is 1.71 bits per heavy atom.